The van der Waals surface area contributed by atoms with Crippen LogP contribution in [-0.2, 0) is 9.59 Å². The molecule has 0 saturated carbocycles. The number of carbonyl (C=O) groups is 2. The molecule has 2 unspecified atom stereocenters. The van der Waals surface area contributed by atoms with Crippen molar-refractivity contribution in [3.63, 3.8) is 0 Å². The van der Waals surface area contributed by atoms with Crippen LogP contribution < -0.4 is 5.32 Å². The number of aliphatic hydroxyl groups is 1. The first-order valence-electron chi connectivity index (χ1n) is 9.43. The lowest BCUT2D eigenvalue weighted by atomic mass is 9.91. The molecule has 28 heavy (non-hydrogen) atoms. The molecule has 150 valence electrons. The lowest BCUT2D eigenvalue weighted by molar-refractivity contribution is -0.138. The lowest BCUT2D eigenvalue weighted by Gasteiger charge is -2.27. The summed E-state index contributed by atoms with van der Waals surface area (Å²) in [5.74, 6) is -0.360. The van der Waals surface area contributed by atoms with Crippen LogP contribution in [0.15, 0.2) is 29.8 Å². The first-order valence-corrected chi connectivity index (χ1v) is 10.3. The van der Waals surface area contributed by atoms with Gasteiger partial charge in [0, 0.05) is 25.1 Å². The zero-order valence-electron chi connectivity index (χ0n) is 16.7. The van der Waals surface area contributed by atoms with Gasteiger partial charge in [-0.2, -0.15) is 0 Å². The van der Waals surface area contributed by atoms with Gasteiger partial charge in [0.05, 0.1) is 22.2 Å². The third-order valence-electron chi connectivity index (χ3n) is 4.74. The SMILES string of the molecule is Cc1ncsc1-c1ccc(NC(=O)C2CC(O)CN2C(=O)CC(C)(C)C)cc1. The van der Waals surface area contributed by atoms with Gasteiger partial charge in [0.25, 0.3) is 0 Å². The first-order chi connectivity index (χ1) is 13.1. The molecule has 1 aromatic carbocycles. The molecule has 1 aliphatic heterocycles. The number of carbonyl (C=O) groups excluding carboxylic acids is 2. The summed E-state index contributed by atoms with van der Waals surface area (Å²) in [6.45, 7) is 8.13. The number of β-amino-alcohol motifs (C(OH)–C–C–N with tert-alkyl or cyclic N) is 1. The van der Waals surface area contributed by atoms with Gasteiger partial charge in [-0.1, -0.05) is 32.9 Å². The van der Waals surface area contributed by atoms with Crippen molar-refractivity contribution < 1.29 is 14.7 Å². The van der Waals surface area contributed by atoms with Crippen molar-refractivity contribution in [1.29, 1.82) is 0 Å². The van der Waals surface area contributed by atoms with Crippen LogP contribution in [0.1, 0.15) is 39.3 Å². The molecular weight excluding hydrogens is 374 g/mol. The van der Waals surface area contributed by atoms with E-state index < -0.39 is 12.1 Å². The quantitative estimate of drug-likeness (QED) is 0.822. The van der Waals surface area contributed by atoms with Crippen LogP contribution >= 0.6 is 11.3 Å². The average Bonchev–Trinajstić information content (AvgIpc) is 3.20. The predicted octanol–water partition coefficient (Wildman–Crippen LogP) is 3.46. The van der Waals surface area contributed by atoms with Gasteiger partial charge in [-0.3, -0.25) is 9.59 Å². The molecule has 1 aliphatic rings. The maximum absolute atomic E-state index is 12.8. The minimum Gasteiger partial charge on any atom is -0.391 e. The molecule has 2 heterocycles. The van der Waals surface area contributed by atoms with Crippen LogP contribution in [0.3, 0.4) is 0 Å². The minimum absolute atomic E-state index is 0.0970. The van der Waals surface area contributed by atoms with Gasteiger partial charge in [0.1, 0.15) is 6.04 Å². The van der Waals surface area contributed by atoms with Crippen molar-refractivity contribution >= 4 is 28.8 Å². The van der Waals surface area contributed by atoms with Crippen LogP contribution in [0.5, 0.6) is 0 Å². The molecule has 3 rings (SSSR count). The van der Waals surface area contributed by atoms with Gasteiger partial charge in [-0.15, -0.1) is 11.3 Å². The summed E-state index contributed by atoms with van der Waals surface area (Å²) in [4.78, 5) is 32.3. The molecule has 1 fully saturated rings. The monoisotopic (exact) mass is 401 g/mol. The zero-order chi connectivity index (χ0) is 20.5. The van der Waals surface area contributed by atoms with E-state index in [0.29, 0.717) is 12.1 Å². The van der Waals surface area contributed by atoms with Gasteiger partial charge >= 0.3 is 0 Å². The van der Waals surface area contributed by atoms with Crippen molar-refractivity contribution in [2.24, 2.45) is 5.41 Å². The fourth-order valence-corrected chi connectivity index (χ4v) is 4.21. The molecule has 7 heteroatoms. The summed E-state index contributed by atoms with van der Waals surface area (Å²) in [5.41, 5.74) is 4.34. The third kappa shape index (κ3) is 4.77. The second kappa shape index (κ2) is 8.01. The molecule has 1 aromatic heterocycles. The van der Waals surface area contributed by atoms with Gasteiger partial charge < -0.3 is 15.3 Å². The third-order valence-corrected chi connectivity index (χ3v) is 5.72. The Morgan fingerprint density at radius 2 is 1.96 bits per heavy atom. The average molecular weight is 402 g/mol. The highest BCUT2D eigenvalue weighted by molar-refractivity contribution is 7.13. The number of aryl methyl sites for hydroxylation is 1. The number of nitrogens with zero attached hydrogens (tertiary/aromatic N) is 2. The molecule has 2 aromatic rings. The van der Waals surface area contributed by atoms with Gasteiger partial charge in [0.2, 0.25) is 11.8 Å². The van der Waals surface area contributed by atoms with Crippen LogP contribution in [0.25, 0.3) is 10.4 Å². The number of nitrogens with one attached hydrogen (secondary N) is 1. The number of hydrogen-bond acceptors (Lipinski definition) is 5. The van der Waals surface area contributed by atoms with E-state index in [1.807, 2.05) is 57.5 Å². The molecule has 2 atom stereocenters. The molecule has 1 saturated heterocycles. The summed E-state index contributed by atoms with van der Waals surface area (Å²) in [7, 11) is 0. The number of anilines is 1. The Hall–Kier alpha value is -2.25. The predicted molar refractivity (Wildman–Crippen MR) is 111 cm³/mol. The molecule has 0 bridgehead atoms. The van der Waals surface area contributed by atoms with Crippen LogP contribution in [0, 0.1) is 12.3 Å². The fourth-order valence-electron chi connectivity index (χ4n) is 3.40. The van der Waals surface area contributed by atoms with Gasteiger partial charge in [-0.25, -0.2) is 4.98 Å². The zero-order valence-corrected chi connectivity index (χ0v) is 17.5. The van der Waals surface area contributed by atoms with Gasteiger partial charge in [0.15, 0.2) is 0 Å². The van der Waals surface area contributed by atoms with E-state index >= 15 is 0 Å². The summed E-state index contributed by atoms with van der Waals surface area (Å²) >= 11 is 1.58. The normalized spacial score (nSPS) is 19.7. The molecule has 0 radical (unpaired) electrons. The number of amides is 2. The van der Waals surface area contributed by atoms with E-state index in [0.717, 1.165) is 16.1 Å². The standard InChI is InChI=1S/C21H27N3O3S/c1-13-19(28-12-22-13)14-5-7-15(8-6-14)23-20(27)17-9-16(25)11-24(17)18(26)10-21(2,3)4/h5-8,12,16-17,25H,9-11H2,1-4H3,(H,23,27). The van der Waals surface area contributed by atoms with E-state index in [-0.39, 0.29) is 30.2 Å². The smallest absolute Gasteiger partial charge is 0.247 e. The van der Waals surface area contributed by atoms with Crippen molar-refractivity contribution in [1.82, 2.24) is 9.88 Å². The second-order valence-corrected chi connectivity index (χ2v) is 9.38. The highest BCUT2D eigenvalue weighted by Crippen LogP contribution is 2.29. The molecule has 2 N–H and O–H groups in total. The Labute approximate surface area is 169 Å². The minimum atomic E-state index is -0.670. The Morgan fingerprint density at radius 3 is 2.54 bits per heavy atom. The Kier molecular flexibility index (Phi) is 5.86. The summed E-state index contributed by atoms with van der Waals surface area (Å²) in [5, 5.41) is 12.9. The first kappa shape index (κ1) is 20.5. The lowest BCUT2D eigenvalue weighted by Crippen LogP contribution is -2.44. The summed E-state index contributed by atoms with van der Waals surface area (Å²) in [6.07, 6.45) is -0.0666. The van der Waals surface area contributed by atoms with Crippen molar-refractivity contribution in [3.8, 4) is 10.4 Å². The number of thiazole rings is 1. The number of aliphatic hydroxyl groups excluding tert-OH is 1. The highest BCUT2D eigenvalue weighted by Gasteiger charge is 2.39. The number of benzene rings is 1. The Bertz CT molecular complexity index is 855. The molecule has 6 nitrogen and oxygen atoms in total. The van der Waals surface area contributed by atoms with Crippen molar-refractivity contribution in [2.45, 2.75) is 52.7 Å². The largest absolute Gasteiger partial charge is 0.391 e. The van der Waals surface area contributed by atoms with E-state index in [2.05, 4.69) is 10.3 Å². The summed E-state index contributed by atoms with van der Waals surface area (Å²) < 4.78 is 0. The van der Waals surface area contributed by atoms with E-state index in [9.17, 15) is 14.7 Å². The number of likely N-dealkylation sites (tertiary alicyclic amines) is 1. The number of aromatic nitrogens is 1. The highest BCUT2D eigenvalue weighted by atomic mass is 32.1. The maximum Gasteiger partial charge on any atom is 0.247 e. The Morgan fingerprint density at radius 1 is 1.29 bits per heavy atom. The topological polar surface area (TPSA) is 82.5 Å². The number of hydrogen-bond donors (Lipinski definition) is 2. The fraction of sp³-hybridized carbons (Fsp3) is 0.476. The number of rotatable bonds is 4. The van der Waals surface area contributed by atoms with Crippen LogP contribution in [0.4, 0.5) is 5.69 Å². The maximum atomic E-state index is 12.8. The van der Waals surface area contributed by atoms with Crippen molar-refractivity contribution in [3.05, 3.63) is 35.5 Å². The Balaban J connectivity index is 1.69. The van der Waals surface area contributed by atoms with E-state index in [4.69, 9.17) is 0 Å². The van der Waals surface area contributed by atoms with Crippen LogP contribution in [0.2, 0.25) is 0 Å². The molecular formula is C21H27N3O3S. The van der Waals surface area contributed by atoms with Crippen molar-refractivity contribution in [2.75, 3.05) is 11.9 Å². The molecule has 2 amide bonds. The van der Waals surface area contributed by atoms with E-state index in [1.165, 1.54) is 4.90 Å². The molecule has 0 aliphatic carbocycles. The summed E-state index contributed by atoms with van der Waals surface area (Å²) in [6, 6.07) is 6.94. The molecule has 0 spiro atoms. The van der Waals surface area contributed by atoms with Crippen LogP contribution in [-0.4, -0.2) is 45.5 Å². The van der Waals surface area contributed by atoms with Gasteiger partial charge in [-0.05, 0) is 30.0 Å². The van der Waals surface area contributed by atoms with E-state index in [1.54, 1.807) is 11.3 Å². The second-order valence-electron chi connectivity index (χ2n) is 8.52.